The van der Waals surface area contributed by atoms with E-state index in [0.717, 1.165) is 109 Å². The van der Waals surface area contributed by atoms with Crippen LogP contribution in [0.25, 0.3) is 0 Å². The molecule has 524 valence electrons. The standard InChI is InChI=1S/C37H73N5O3.C31H61N5O3.4ClH/c1-3-5-7-9-10-11-12-13-14-15-16-17-18-19-21-29-35(43)42-34(37(45)41-31-25-20-8-6-4-2)28-23-26-32-40-36(44)33(39)27-22-24-30-38;1-3-4-5-6-7-8-9-10-11-12-13-14-15-16-17-24-29(37)36-28(31(39)34-2)23-19-21-26-35-30(38)27(33)22-18-20-25-32;;;;/h13-14,33-34H,3-12,15-32,38-39H2,1-2H3,(H,40,44)(H,41,45)(H,42,43);10-11,27-28H,3-9,12-26,32-33H2,1-2H3,(H,34,39)(H,35,38)(H,36,37);4*1H/b14-13-;11-10-;;;;. The third-order valence-corrected chi connectivity index (χ3v) is 15.5. The van der Waals surface area contributed by atoms with Crippen LogP contribution in [-0.2, 0) is 28.8 Å². The minimum absolute atomic E-state index is 0. The first kappa shape index (κ1) is 96.4. The second-order valence-corrected chi connectivity index (χ2v) is 23.6. The van der Waals surface area contributed by atoms with Gasteiger partial charge in [-0.15, -0.1) is 49.6 Å². The number of nitrogens with two attached hydrogens (primary N) is 4. The van der Waals surface area contributed by atoms with Crippen LogP contribution in [0.5, 0.6) is 0 Å². The van der Waals surface area contributed by atoms with Crippen LogP contribution in [0.2, 0.25) is 0 Å². The summed E-state index contributed by atoms with van der Waals surface area (Å²) in [6.45, 7) is 9.58. The molecule has 0 aliphatic rings. The lowest BCUT2D eigenvalue weighted by atomic mass is 10.1. The average Bonchev–Trinajstić information content (AvgIpc) is 3.52. The van der Waals surface area contributed by atoms with Gasteiger partial charge in [0, 0.05) is 39.5 Å². The third-order valence-electron chi connectivity index (χ3n) is 15.5. The second kappa shape index (κ2) is 76.8. The van der Waals surface area contributed by atoms with Crippen molar-refractivity contribution in [2.45, 2.75) is 334 Å². The van der Waals surface area contributed by atoms with Crippen LogP contribution in [0.15, 0.2) is 24.3 Å². The van der Waals surface area contributed by atoms with E-state index in [0.29, 0.717) is 77.7 Å². The molecule has 0 heterocycles. The highest BCUT2D eigenvalue weighted by atomic mass is 35.5. The van der Waals surface area contributed by atoms with Gasteiger partial charge in [0.2, 0.25) is 35.4 Å². The predicted octanol–water partition coefficient (Wildman–Crippen LogP) is 14.0. The molecule has 0 saturated heterocycles. The second-order valence-electron chi connectivity index (χ2n) is 23.6. The minimum Gasteiger partial charge on any atom is -0.357 e. The molecule has 4 unspecified atom stereocenters. The molecule has 0 aromatic carbocycles. The predicted molar refractivity (Wildman–Crippen MR) is 383 cm³/mol. The summed E-state index contributed by atoms with van der Waals surface area (Å²) in [7, 11) is 1.58. The Morgan fingerprint density at radius 2 is 0.602 bits per heavy atom. The van der Waals surface area contributed by atoms with Crippen molar-refractivity contribution in [1.82, 2.24) is 31.9 Å². The maximum Gasteiger partial charge on any atom is 0.242 e. The van der Waals surface area contributed by atoms with Gasteiger partial charge in [0.05, 0.1) is 12.1 Å². The summed E-state index contributed by atoms with van der Waals surface area (Å²) >= 11 is 0. The van der Waals surface area contributed by atoms with Gasteiger partial charge in [-0.2, -0.15) is 0 Å². The SMILES string of the molecule is CCCCCCCC/C=C\CCCCCCCC(=O)NC(CCCCNC(=O)C(N)CCCCN)C(=O)NC.CCCCCCCC/C=C\CCCCCCCC(=O)NC(CCCCNC(=O)C(N)CCCCN)C(=O)NCCCCCCC.Cl.Cl.Cl.Cl. The largest absolute Gasteiger partial charge is 0.357 e. The molecule has 0 aliphatic heterocycles. The molecule has 0 bridgehead atoms. The van der Waals surface area contributed by atoms with Crippen LogP contribution in [0.4, 0.5) is 0 Å². The number of unbranched alkanes of at least 4 members (excludes halogenated alkanes) is 30. The summed E-state index contributed by atoms with van der Waals surface area (Å²) < 4.78 is 0. The van der Waals surface area contributed by atoms with E-state index in [2.05, 4.69) is 77.0 Å². The molecule has 6 amide bonds. The van der Waals surface area contributed by atoms with Crippen LogP contribution in [0.1, 0.15) is 310 Å². The van der Waals surface area contributed by atoms with Crippen LogP contribution < -0.4 is 54.8 Å². The van der Waals surface area contributed by atoms with E-state index in [1.54, 1.807) is 7.05 Å². The van der Waals surface area contributed by atoms with Gasteiger partial charge < -0.3 is 54.8 Å². The summed E-state index contributed by atoms with van der Waals surface area (Å²) in [6, 6.07) is -2.10. The topological polar surface area (TPSA) is 279 Å². The van der Waals surface area contributed by atoms with Gasteiger partial charge in [-0.25, -0.2) is 0 Å². The lowest BCUT2D eigenvalue weighted by molar-refractivity contribution is -0.129. The van der Waals surface area contributed by atoms with Crippen molar-refractivity contribution in [3.63, 3.8) is 0 Å². The molecule has 16 nitrogen and oxygen atoms in total. The molecular formula is C68H138Cl4N10O6. The number of hydrogen-bond acceptors (Lipinski definition) is 10. The summed E-state index contributed by atoms with van der Waals surface area (Å²) in [4.78, 5) is 74.5. The molecule has 0 radical (unpaired) electrons. The first-order chi connectivity index (χ1) is 40.9. The third kappa shape index (κ3) is 67.7. The zero-order valence-corrected chi connectivity index (χ0v) is 59.6. The van der Waals surface area contributed by atoms with Crippen molar-refractivity contribution in [1.29, 1.82) is 0 Å². The molecule has 0 fully saturated rings. The first-order valence-electron chi connectivity index (χ1n) is 34.8. The van der Waals surface area contributed by atoms with Gasteiger partial charge in [-0.3, -0.25) is 28.8 Å². The fraction of sp³-hybridized carbons (Fsp3) is 0.853. The fourth-order valence-electron chi connectivity index (χ4n) is 9.93. The lowest BCUT2D eigenvalue weighted by Gasteiger charge is -2.19. The van der Waals surface area contributed by atoms with Crippen LogP contribution in [0.3, 0.4) is 0 Å². The van der Waals surface area contributed by atoms with Crippen LogP contribution in [0, 0.1) is 0 Å². The zero-order valence-electron chi connectivity index (χ0n) is 56.4. The van der Waals surface area contributed by atoms with Gasteiger partial charge in [0.15, 0.2) is 0 Å². The van der Waals surface area contributed by atoms with E-state index in [9.17, 15) is 28.8 Å². The van der Waals surface area contributed by atoms with E-state index in [-0.39, 0.29) is 85.1 Å². The monoisotopic (exact) mass is 1330 g/mol. The maximum absolute atomic E-state index is 12.9. The molecule has 14 N–H and O–H groups in total. The number of carbonyl (C=O) groups excluding carboxylic acids is 6. The molecule has 4 atom stereocenters. The Hall–Kier alpha value is -2.70. The van der Waals surface area contributed by atoms with Crippen molar-refractivity contribution < 1.29 is 28.8 Å². The highest BCUT2D eigenvalue weighted by molar-refractivity contribution is 5.88. The molecular weight excluding hydrogens is 1190 g/mol. The average molecular weight is 1330 g/mol. The number of hydrogen-bond donors (Lipinski definition) is 10. The smallest absolute Gasteiger partial charge is 0.242 e. The van der Waals surface area contributed by atoms with E-state index < -0.39 is 24.2 Å². The normalized spacial score (nSPS) is 12.2. The van der Waals surface area contributed by atoms with E-state index in [1.165, 1.54) is 135 Å². The number of carbonyl (C=O) groups is 6. The maximum atomic E-state index is 12.9. The van der Waals surface area contributed by atoms with Crippen molar-refractivity contribution in [3.05, 3.63) is 24.3 Å². The number of nitrogens with one attached hydrogen (secondary N) is 6. The Kier molecular flexibility index (Phi) is 84.1. The molecule has 0 aromatic rings. The van der Waals surface area contributed by atoms with Crippen molar-refractivity contribution in [3.8, 4) is 0 Å². The molecule has 88 heavy (non-hydrogen) atoms. The Morgan fingerprint density at radius 1 is 0.330 bits per heavy atom. The van der Waals surface area contributed by atoms with Crippen LogP contribution >= 0.6 is 49.6 Å². The molecule has 0 spiro atoms. The van der Waals surface area contributed by atoms with E-state index >= 15 is 0 Å². The fourth-order valence-corrected chi connectivity index (χ4v) is 9.93. The summed E-state index contributed by atoms with van der Waals surface area (Å²) in [5.74, 6) is -0.695. The van der Waals surface area contributed by atoms with Crippen molar-refractivity contribution in [2.75, 3.05) is 39.8 Å². The minimum atomic E-state index is -0.542. The van der Waals surface area contributed by atoms with Gasteiger partial charge in [0.1, 0.15) is 12.1 Å². The molecule has 0 aliphatic carbocycles. The number of likely N-dealkylation sites (N-methyl/N-ethyl adjacent to an activating group) is 1. The Labute approximate surface area is 563 Å². The number of allylic oxidation sites excluding steroid dienone is 4. The lowest BCUT2D eigenvalue weighted by Crippen LogP contribution is -2.47. The first-order valence-corrected chi connectivity index (χ1v) is 34.8. The highest BCUT2D eigenvalue weighted by Crippen LogP contribution is 2.14. The van der Waals surface area contributed by atoms with Crippen molar-refractivity contribution in [2.24, 2.45) is 22.9 Å². The zero-order chi connectivity index (χ0) is 62.2. The van der Waals surface area contributed by atoms with Gasteiger partial charge >= 0.3 is 0 Å². The summed E-state index contributed by atoms with van der Waals surface area (Å²) in [5, 5.41) is 17.3. The molecule has 0 rings (SSSR count). The van der Waals surface area contributed by atoms with Gasteiger partial charge in [0.25, 0.3) is 0 Å². The number of rotatable bonds is 60. The Morgan fingerprint density at radius 3 is 0.932 bits per heavy atom. The van der Waals surface area contributed by atoms with E-state index in [4.69, 9.17) is 22.9 Å². The Balaban J connectivity index is -0.000000369. The van der Waals surface area contributed by atoms with Crippen LogP contribution in [-0.4, -0.2) is 99.4 Å². The van der Waals surface area contributed by atoms with E-state index in [1.807, 2.05) is 0 Å². The Bertz CT molecular complexity index is 1620. The van der Waals surface area contributed by atoms with Gasteiger partial charge in [-0.05, 0) is 148 Å². The van der Waals surface area contributed by atoms with Crippen molar-refractivity contribution >= 4 is 85.1 Å². The summed E-state index contributed by atoms with van der Waals surface area (Å²) in [6.07, 6.45) is 56.4. The number of amides is 6. The molecule has 0 aromatic heterocycles. The highest BCUT2D eigenvalue weighted by Gasteiger charge is 2.22. The molecule has 20 heteroatoms. The molecule has 0 saturated carbocycles. The number of halogens is 4. The summed E-state index contributed by atoms with van der Waals surface area (Å²) in [5.41, 5.74) is 22.8. The quantitative estimate of drug-likeness (QED) is 0.0203. The van der Waals surface area contributed by atoms with Gasteiger partial charge in [-0.1, -0.05) is 186 Å².